The smallest absolute Gasteiger partial charge is 0.0305 e. The fourth-order valence-electron chi connectivity index (χ4n) is 3.04. The largest absolute Gasteiger partial charge is 0.0649 e. The van der Waals surface area contributed by atoms with Crippen molar-refractivity contribution in [3.05, 3.63) is 0 Å². The van der Waals surface area contributed by atoms with Gasteiger partial charge in [0.1, 0.15) is 0 Å². The van der Waals surface area contributed by atoms with Crippen LogP contribution in [0.5, 0.6) is 0 Å². The van der Waals surface area contributed by atoms with Crippen LogP contribution in [-0.2, 0) is 0 Å². The number of rotatable bonds is 9. The highest BCUT2D eigenvalue weighted by atomic mass is 14.3. The molecule has 0 bridgehead atoms. The third-order valence-electron chi connectivity index (χ3n) is 5.70. The zero-order valence-corrected chi connectivity index (χ0v) is 15.1. The molecule has 19 heavy (non-hydrogen) atoms. The van der Waals surface area contributed by atoms with Crippen molar-refractivity contribution in [3.63, 3.8) is 0 Å². The molecule has 0 aliphatic rings. The lowest BCUT2D eigenvalue weighted by molar-refractivity contribution is 0.188. The molecule has 0 fully saturated rings. The van der Waals surface area contributed by atoms with Crippen molar-refractivity contribution in [2.24, 2.45) is 22.7 Å². The molecular formula is C19H40. The second-order valence-electron chi connectivity index (χ2n) is 8.15. The molecule has 0 rings (SSSR count). The maximum absolute atomic E-state index is 2.47. The number of hydrogen-bond acceptors (Lipinski definition) is 0. The van der Waals surface area contributed by atoms with E-state index in [2.05, 4.69) is 55.4 Å². The Morgan fingerprint density at radius 2 is 1.05 bits per heavy atom. The normalized spacial score (nSPS) is 16.4. The van der Waals surface area contributed by atoms with Crippen LogP contribution in [0.2, 0.25) is 0 Å². The standard InChI is InChI=1S/C19H40/c1-9-19(10-2,11-3)15-13-17(5)16(4)12-14-18(6,7)8/h16-17H,9-15H2,1-8H3. The van der Waals surface area contributed by atoms with E-state index in [0.717, 1.165) is 11.8 Å². The molecule has 0 aromatic rings. The molecule has 0 aliphatic carbocycles. The molecule has 0 heterocycles. The fraction of sp³-hybridized carbons (Fsp3) is 1.00. The minimum absolute atomic E-state index is 0.494. The van der Waals surface area contributed by atoms with Crippen molar-refractivity contribution in [2.45, 2.75) is 100 Å². The zero-order valence-electron chi connectivity index (χ0n) is 15.1. The first-order valence-corrected chi connectivity index (χ1v) is 8.69. The fourth-order valence-corrected chi connectivity index (χ4v) is 3.04. The zero-order chi connectivity index (χ0) is 15.1. The third-order valence-corrected chi connectivity index (χ3v) is 5.70. The first kappa shape index (κ1) is 19.0. The second kappa shape index (κ2) is 8.32. The van der Waals surface area contributed by atoms with E-state index < -0.39 is 0 Å². The van der Waals surface area contributed by atoms with Crippen molar-refractivity contribution in [3.8, 4) is 0 Å². The van der Waals surface area contributed by atoms with Crippen LogP contribution in [-0.4, -0.2) is 0 Å². The van der Waals surface area contributed by atoms with Gasteiger partial charge in [-0.25, -0.2) is 0 Å². The van der Waals surface area contributed by atoms with Gasteiger partial charge < -0.3 is 0 Å². The molecule has 0 aromatic carbocycles. The van der Waals surface area contributed by atoms with Crippen LogP contribution < -0.4 is 0 Å². The molecule has 0 saturated heterocycles. The van der Waals surface area contributed by atoms with Crippen LogP contribution in [0.3, 0.4) is 0 Å². The van der Waals surface area contributed by atoms with Crippen molar-refractivity contribution < 1.29 is 0 Å². The SMILES string of the molecule is CCC(CC)(CC)CCC(C)C(C)CCC(C)(C)C. The van der Waals surface area contributed by atoms with Crippen LogP contribution in [0, 0.1) is 22.7 Å². The van der Waals surface area contributed by atoms with Gasteiger partial charge in [0, 0.05) is 0 Å². The Bertz CT molecular complexity index is 208. The minimum atomic E-state index is 0.494. The predicted molar refractivity (Wildman–Crippen MR) is 89.6 cm³/mol. The lowest BCUT2D eigenvalue weighted by atomic mass is 9.73. The van der Waals surface area contributed by atoms with Crippen molar-refractivity contribution >= 4 is 0 Å². The van der Waals surface area contributed by atoms with E-state index in [1.165, 1.54) is 44.9 Å². The Morgan fingerprint density at radius 3 is 1.37 bits per heavy atom. The van der Waals surface area contributed by atoms with Gasteiger partial charge in [-0.3, -0.25) is 0 Å². The summed E-state index contributed by atoms with van der Waals surface area (Å²) in [5, 5.41) is 0. The third kappa shape index (κ3) is 7.37. The Morgan fingerprint density at radius 1 is 0.684 bits per heavy atom. The van der Waals surface area contributed by atoms with E-state index in [9.17, 15) is 0 Å². The van der Waals surface area contributed by atoms with E-state index in [4.69, 9.17) is 0 Å². The molecule has 0 radical (unpaired) electrons. The highest BCUT2D eigenvalue weighted by Crippen LogP contribution is 2.38. The van der Waals surface area contributed by atoms with E-state index in [1.54, 1.807) is 0 Å². The van der Waals surface area contributed by atoms with Gasteiger partial charge in [-0.05, 0) is 48.3 Å². The van der Waals surface area contributed by atoms with Gasteiger partial charge in [-0.2, -0.15) is 0 Å². The van der Waals surface area contributed by atoms with E-state index >= 15 is 0 Å². The highest BCUT2D eigenvalue weighted by molar-refractivity contribution is 4.77. The molecule has 116 valence electrons. The van der Waals surface area contributed by atoms with Gasteiger partial charge in [-0.1, -0.05) is 74.7 Å². The molecule has 0 saturated carbocycles. The Hall–Kier alpha value is 0. The molecule has 0 aromatic heterocycles. The summed E-state index contributed by atoms with van der Waals surface area (Å²) in [5.74, 6) is 1.76. The quantitative estimate of drug-likeness (QED) is 0.419. The molecule has 0 aliphatic heterocycles. The monoisotopic (exact) mass is 268 g/mol. The summed E-state index contributed by atoms with van der Waals surface area (Å²) in [4.78, 5) is 0. The lowest BCUT2D eigenvalue weighted by Gasteiger charge is -2.33. The summed E-state index contributed by atoms with van der Waals surface area (Å²) in [5.41, 5.74) is 1.12. The van der Waals surface area contributed by atoms with E-state index in [0.29, 0.717) is 10.8 Å². The maximum Gasteiger partial charge on any atom is -0.0305 e. The van der Waals surface area contributed by atoms with Gasteiger partial charge in [0.25, 0.3) is 0 Å². The Labute approximate surface area is 123 Å². The van der Waals surface area contributed by atoms with Crippen LogP contribution in [0.15, 0.2) is 0 Å². The summed E-state index contributed by atoms with van der Waals surface area (Å²) >= 11 is 0. The number of hydrogen-bond donors (Lipinski definition) is 0. The van der Waals surface area contributed by atoms with Crippen molar-refractivity contribution in [1.82, 2.24) is 0 Å². The molecule has 0 N–H and O–H groups in total. The van der Waals surface area contributed by atoms with Crippen LogP contribution in [0.4, 0.5) is 0 Å². The summed E-state index contributed by atoms with van der Waals surface area (Å²) < 4.78 is 0. The first-order chi connectivity index (χ1) is 8.69. The predicted octanol–water partition coefficient (Wildman–Crippen LogP) is 7.08. The minimum Gasteiger partial charge on any atom is -0.0649 e. The second-order valence-corrected chi connectivity index (χ2v) is 8.15. The molecule has 0 amide bonds. The summed E-state index contributed by atoms with van der Waals surface area (Å²) in [6.07, 6.45) is 9.65. The Kier molecular flexibility index (Phi) is 8.32. The van der Waals surface area contributed by atoms with Crippen molar-refractivity contribution in [1.29, 1.82) is 0 Å². The first-order valence-electron chi connectivity index (χ1n) is 8.69. The maximum atomic E-state index is 2.47. The topological polar surface area (TPSA) is 0 Å². The summed E-state index contributed by atoms with van der Waals surface area (Å²) in [6, 6.07) is 0. The Balaban J connectivity index is 4.18. The van der Waals surface area contributed by atoms with Gasteiger partial charge in [-0.15, -0.1) is 0 Å². The highest BCUT2D eigenvalue weighted by Gasteiger charge is 2.25. The average molecular weight is 269 g/mol. The molecule has 2 unspecified atom stereocenters. The molecule has 0 spiro atoms. The molecule has 0 heteroatoms. The van der Waals surface area contributed by atoms with Crippen LogP contribution >= 0.6 is 0 Å². The molecular weight excluding hydrogens is 228 g/mol. The van der Waals surface area contributed by atoms with Crippen LogP contribution in [0.25, 0.3) is 0 Å². The summed E-state index contributed by atoms with van der Waals surface area (Å²) in [7, 11) is 0. The van der Waals surface area contributed by atoms with E-state index in [1.807, 2.05) is 0 Å². The lowest BCUT2D eigenvalue weighted by Crippen LogP contribution is -2.20. The van der Waals surface area contributed by atoms with Crippen molar-refractivity contribution in [2.75, 3.05) is 0 Å². The van der Waals surface area contributed by atoms with Gasteiger partial charge in [0.15, 0.2) is 0 Å². The van der Waals surface area contributed by atoms with Gasteiger partial charge in [0.2, 0.25) is 0 Å². The molecule has 2 atom stereocenters. The molecule has 0 nitrogen and oxygen atoms in total. The van der Waals surface area contributed by atoms with E-state index in [-0.39, 0.29) is 0 Å². The average Bonchev–Trinajstić information content (AvgIpc) is 2.37. The van der Waals surface area contributed by atoms with Gasteiger partial charge >= 0.3 is 0 Å². The van der Waals surface area contributed by atoms with Crippen LogP contribution in [0.1, 0.15) is 100 Å². The van der Waals surface area contributed by atoms with Gasteiger partial charge in [0.05, 0.1) is 0 Å². The summed E-state index contributed by atoms with van der Waals surface area (Å²) in [6.45, 7) is 19.1.